The zero-order chi connectivity index (χ0) is 14.2. The molecule has 4 nitrogen and oxygen atoms in total. The molecule has 0 aliphatic heterocycles. The van der Waals surface area contributed by atoms with Crippen molar-refractivity contribution < 1.29 is 14.3 Å². The standard InChI is InChI=1S/C13H11Cl2NO3/c1-3-19-13(18)12-8(6-17)11-9(15)4-7(14)5-10(11)16(12)2/h4-6H,3H2,1-2H3. The summed E-state index contributed by atoms with van der Waals surface area (Å²) in [5, 5.41) is 1.27. The quantitative estimate of drug-likeness (QED) is 0.644. The monoisotopic (exact) mass is 299 g/mol. The number of aryl methyl sites for hydroxylation is 1. The summed E-state index contributed by atoms with van der Waals surface area (Å²) >= 11 is 12.0. The van der Waals surface area contributed by atoms with E-state index in [4.69, 9.17) is 27.9 Å². The predicted molar refractivity (Wildman–Crippen MR) is 74.3 cm³/mol. The Balaban J connectivity index is 2.85. The van der Waals surface area contributed by atoms with Crippen LogP contribution in [-0.2, 0) is 11.8 Å². The van der Waals surface area contributed by atoms with Crippen molar-refractivity contribution >= 4 is 46.4 Å². The fraction of sp³-hybridized carbons (Fsp3) is 0.231. The second-order valence-electron chi connectivity index (χ2n) is 3.94. The zero-order valence-corrected chi connectivity index (χ0v) is 11.9. The van der Waals surface area contributed by atoms with Crippen molar-refractivity contribution in [1.82, 2.24) is 4.57 Å². The summed E-state index contributed by atoms with van der Waals surface area (Å²) in [4.78, 5) is 23.2. The average Bonchev–Trinajstić information content (AvgIpc) is 2.63. The SMILES string of the molecule is CCOC(=O)c1c(C=O)c2c(Cl)cc(Cl)cc2n1C. The molecule has 2 rings (SSSR count). The number of halogens is 2. The first-order valence-corrected chi connectivity index (χ1v) is 6.36. The van der Waals surface area contributed by atoms with Crippen LogP contribution in [-0.4, -0.2) is 23.4 Å². The maximum atomic E-state index is 11.9. The van der Waals surface area contributed by atoms with E-state index >= 15 is 0 Å². The number of ether oxygens (including phenoxy) is 1. The number of carbonyl (C=O) groups is 2. The molecule has 100 valence electrons. The number of nitrogens with zero attached hydrogens (tertiary/aromatic N) is 1. The summed E-state index contributed by atoms with van der Waals surface area (Å²) in [6, 6.07) is 3.19. The van der Waals surface area contributed by atoms with Crippen LogP contribution in [0.2, 0.25) is 10.0 Å². The Hall–Kier alpha value is -1.52. The fourth-order valence-corrected chi connectivity index (χ4v) is 2.66. The van der Waals surface area contributed by atoms with Crippen molar-refractivity contribution in [3.63, 3.8) is 0 Å². The molecule has 0 saturated heterocycles. The van der Waals surface area contributed by atoms with Gasteiger partial charge in [0, 0.05) is 17.5 Å². The maximum absolute atomic E-state index is 11.9. The first-order chi connectivity index (χ1) is 9.01. The highest BCUT2D eigenvalue weighted by Gasteiger charge is 2.23. The van der Waals surface area contributed by atoms with Crippen LogP contribution in [0.15, 0.2) is 12.1 Å². The van der Waals surface area contributed by atoms with Gasteiger partial charge in [0.15, 0.2) is 6.29 Å². The maximum Gasteiger partial charge on any atom is 0.355 e. The molecule has 0 N–H and O–H groups in total. The normalized spacial score (nSPS) is 10.7. The third kappa shape index (κ3) is 2.22. The van der Waals surface area contributed by atoms with Gasteiger partial charge in [-0.3, -0.25) is 4.79 Å². The molecule has 0 fully saturated rings. The Kier molecular flexibility index (Phi) is 3.83. The van der Waals surface area contributed by atoms with Crippen LogP contribution in [0.4, 0.5) is 0 Å². The number of hydrogen-bond donors (Lipinski definition) is 0. The first-order valence-electron chi connectivity index (χ1n) is 5.61. The van der Waals surface area contributed by atoms with Crippen molar-refractivity contribution in [2.75, 3.05) is 6.61 Å². The molecule has 1 aromatic heterocycles. The fourth-order valence-electron chi connectivity index (χ4n) is 2.07. The molecule has 0 aliphatic carbocycles. The lowest BCUT2D eigenvalue weighted by molar-refractivity contribution is 0.0513. The molecule has 0 bridgehead atoms. The van der Waals surface area contributed by atoms with Crippen LogP contribution < -0.4 is 0 Å². The van der Waals surface area contributed by atoms with Gasteiger partial charge in [0.1, 0.15) is 5.69 Å². The first kappa shape index (κ1) is 13.9. The molecule has 0 saturated carbocycles. The van der Waals surface area contributed by atoms with E-state index < -0.39 is 5.97 Å². The Bertz CT molecular complexity index is 676. The lowest BCUT2D eigenvalue weighted by Gasteiger charge is -2.04. The van der Waals surface area contributed by atoms with Gasteiger partial charge in [0.05, 0.1) is 22.7 Å². The molecule has 19 heavy (non-hydrogen) atoms. The van der Waals surface area contributed by atoms with Crippen LogP contribution in [0.3, 0.4) is 0 Å². The molecule has 1 aromatic carbocycles. The lowest BCUT2D eigenvalue weighted by Crippen LogP contribution is -2.11. The van der Waals surface area contributed by atoms with E-state index in [0.717, 1.165) is 0 Å². The van der Waals surface area contributed by atoms with Crippen LogP contribution in [0, 0.1) is 0 Å². The average molecular weight is 300 g/mol. The molecular formula is C13H11Cl2NO3. The van der Waals surface area contributed by atoms with Crippen molar-refractivity contribution in [3.8, 4) is 0 Å². The number of benzene rings is 1. The number of fused-ring (bicyclic) bond motifs is 1. The van der Waals surface area contributed by atoms with Crippen LogP contribution in [0.25, 0.3) is 10.9 Å². The van der Waals surface area contributed by atoms with E-state index in [1.54, 1.807) is 24.6 Å². The van der Waals surface area contributed by atoms with Gasteiger partial charge in [-0.15, -0.1) is 0 Å². The second-order valence-corrected chi connectivity index (χ2v) is 4.78. The van der Waals surface area contributed by atoms with Crippen LogP contribution in [0.1, 0.15) is 27.8 Å². The van der Waals surface area contributed by atoms with Crippen LogP contribution in [0.5, 0.6) is 0 Å². The minimum Gasteiger partial charge on any atom is -0.461 e. The molecule has 0 unspecified atom stereocenters. The van der Waals surface area contributed by atoms with Crippen molar-refractivity contribution in [3.05, 3.63) is 33.4 Å². The highest BCUT2D eigenvalue weighted by atomic mass is 35.5. The predicted octanol–water partition coefficient (Wildman–Crippen LogP) is 3.47. The molecule has 0 radical (unpaired) electrons. The zero-order valence-electron chi connectivity index (χ0n) is 10.4. The summed E-state index contributed by atoms with van der Waals surface area (Å²) in [7, 11) is 1.66. The molecule has 1 heterocycles. The molecule has 2 aromatic rings. The van der Waals surface area contributed by atoms with E-state index in [1.165, 1.54) is 6.07 Å². The third-order valence-electron chi connectivity index (χ3n) is 2.84. The van der Waals surface area contributed by atoms with Gasteiger partial charge in [0.2, 0.25) is 0 Å². The van der Waals surface area contributed by atoms with Crippen molar-refractivity contribution in [1.29, 1.82) is 0 Å². The number of aldehydes is 1. The Labute approximate surface area is 119 Å². The van der Waals surface area contributed by atoms with Gasteiger partial charge in [-0.1, -0.05) is 23.2 Å². The van der Waals surface area contributed by atoms with Crippen LogP contribution >= 0.6 is 23.2 Å². The number of carbonyl (C=O) groups excluding carboxylic acids is 2. The molecule has 0 atom stereocenters. The van der Waals surface area contributed by atoms with E-state index in [9.17, 15) is 9.59 Å². The third-order valence-corrected chi connectivity index (χ3v) is 3.36. The number of esters is 1. The van der Waals surface area contributed by atoms with Gasteiger partial charge in [-0.2, -0.15) is 0 Å². The van der Waals surface area contributed by atoms with E-state index in [2.05, 4.69) is 0 Å². The largest absolute Gasteiger partial charge is 0.461 e. The number of aromatic nitrogens is 1. The summed E-state index contributed by atoms with van der Waals surface area (Å²) < 4.78 is 6.52. The molecule has 6 heteroatoms. The number of rotatable bonds is 3. The molecule has 0 spiro atoms. The van der Waals surface area contributed by atoms with Gasteiger partial charge >= 0.3 is 5.97 Å². The topological polar surface area (TPSA) is 48.3 Å². The Morgan fingerprint density at radius 2 is 2.11 bits per heavy atom. The summed E-state index contributed by atoms with van der Waals surface area (Å²) in [6.45, 7) is 1.93. The minimum atomic E-state index is -0.560. The minimum absolute atomic E-state index is 0.177. The summed E-state index contributed by atoms with van der Waals surface area (Å²) in [6.07, 6.45) is 0.606. The number of hydrogen-bond acceptors (Lipinski definition) is 3. The van der Waals surface area contributed by atoms with E-state index in [1.807, 2.05) is 0 Å². The molecule has 0 amide bonds. The van der Waals surface area contributed by atoms with Gasteiger partial charge in [-0.05, 0) is 19.1 Å². The highest BCUT2D eigenvalue weighted by molar-refractivity contribution is 6.39. The summed E-state index contributed by atoms with van der Waals surface area (Å²) in [5.41, 5.74) is 1.01. The Morgan fingerprint density at radius 1 is 1.42 bits per heavy atom. The van der Waals surface area contributed by atoms with E-state index in [-0.39, 0.29) is 17.9 Å². The van der Waals surface area contributed by atoms with E-state index in [0.29, 0.717) is 27.2 Å². The second kappa shape index (κ2) is 5.23. The van der Waals surface area contributed by atoms with Gasteiger partial charge in [0.25, 0.3) is 0 Å². The van der Waals surface area contributed by atoms with Crippen molar-refractivity contribution in [2.45, 2.75) is 6.92 Å². The lowest BCUT2D eigenvalue weighted by atomic mass is 10.1. The van der Waals surface area contributed by atoms with Gasteiger partial charge < -0.3 is 9.30 Å². The molecule has 0 aliphatic rings. The molecular weight excluding hydrogens is 289 g/mol. The summed E-state index contributed by atoms with van der Waals surface area (Å²) in [5.74, 6) is -0.560. The smallest absolute Gasteiger partial charge is 0.355 e. The van der Waals surface area contributed by atoms with Gasteiger partial charge in [-0.25, -0.2) is 4.79 Å². The highest BCUT2D eigenvalue weighted by Crippen LogP contribution is 2.33. The van der Waals surface area contributed by atoms with Crippen molar-refractivity contribution in [2.24, 2.45) is 7.05 Å². The Morgan fingerprint density at radius 3 is 2.68 bits per heavy atom.